The number of hydrogen-bond donors (Lipinski definition) is 2. The van der Waals surface area contributed by atoms with E-state index in [-0.39, 0.29) is 10.7 Å². The van der Waals surface area contributed by atoms with Gasteiger partial charge in [-0.2, -0.15) is 18.4 Å². The number of benzene rings is 1. The third kappa shape index (κ3) is 3.30. The summed E-state index contributed by atoms with van der Waals surface area (Å²) in [7, 11) is -3.79. The SMILES string of the molecule is Cc1ccc(S(=O)(=O)N/N=C2\CCCc3oc(C(=O)O)c(C)c32)cc1. The molecule has 1 heterocycles. The molecule has 1 aliphatic carbocycles. The molecule has 2 N–H and O–H groups in total. The summed E-state index contributed by atoms with van der Waals surface area (Å²) in [4.78, 5) is 13.6. The van der Waals surface area contributed by atoms with Gasteiger partial charge in [0.1, 0.15) is 5.76 Å². The van der Waals surface area contributed by atoms with Crippen molar-refractivity contribution in [3.05, 3.63) is 52.5 Å². The van der Waals surface area contributed by atoms with Crippen molar-refractivity contribution in [1.82, 2.24) is 4.83 Å². The second-order valence-corrected chi connectivity index (χ2v) is 7.64. The fourth-order valence-corrected chi connectivity index (χ4v) is 3.70. The summed E-state index contributed by atoms with van der Waals surface area (Å²) < 4.78 is 30.1. The Labute approximate surface area is 145 Å². The number of carbonyl (C=O) groups is 1. The molecule has 0 saturated heterocycles. The van der Waals surface area contributed by atoms with Gasteiger partial charge in [-0.05, 0) is 38.8 Å². The van der Waals surface area contributed by atoms with Crippen molar-refractivity contribution < 1.29 is 22.7 Å². The number of furan rings is 1. The number of hydrogen-bond acceptors (Lipinski definition) is 5. The third-order valence-corrected chi connectivity index (χ3v) is 5.38. The van der Waals surface area contributed by atoms with Crippen molar-refractivity contribution >= 4 is 21.7 Å². The standard InChI is InChI=1S/C17H18N2O5S/c1-10-6-8-12(9-7-10)25(22,23)19-18-13-4-3-5-14-15(13)11(2)16(24-14)17(20)21/h6-9,19H,3-5H2,1-2H3,(H,20,21)/b18-13+. The molecule has 2 aromatic rings. The highest BCUT2D eigenvalue weighted by molar-refractivity contribution is 7.89. The predicted molar refractivity (Wildman–Crippen MR) is 91.4 cm³/mol. The topological polar surface area (TPSA) is 109 Å². The molecule has 132 valence electrons. The van der Waals surface area contributed by atoms with Gasteiger partial charge in [0.15, 0.2) is 0 Å². The molecule has 0 atom stereocenters. The molecule has 0 spiro atoms. The number of nitrogens with one attached hydrogen (secondary N) is 1. The average molecular weight is 362 g/mol. The minimum absolute atomic E-state index is 0.119. The van der Waals surface area contributed by atoms with Crippen LogP contribution in [0.1, 0.15) is 45.8 Å². The van der Waals surface area contributed by atoms with Crippen molar-refractivity contribution in [3.8, 4) is 0 Å². The first-order valence-electron chi connectivity index (χ1n) is 7.80. The number of fused-ring (bicyclic) bond motifs is 1. The molecule has 7 nitrogen and oxygen atoms in total. The summed E-state index contributed by atoms with van der Waals surface area (Å²) in [5.41, 5.74) is 2.51. The Balaban J connectivity index is 1.94. The minimum Gasteiger partial charge on any atom is -0.475 e. The molecule has 25 heavy (non-hydrogen) atoms. The van der Waals surface area contributed by atoms with Gasteiger partial charge in [-0.3, -0.25) is 0 Å². The Morgan fingerprint density at radius 1 is 1.20 bits per heavy atom. The molecule has 1 aliphatic rings. The molecule has 0 unspecified atom stereocenters. The minimum atomic E-state index is -3.79. The van der Waals surface area contributed by atoms with Gasteiger partial charge in [0.2, 0.25) is 5.76 Å². The van der Waals surface area contributed by atoms with Gasteiger partial charge in [-0.25, -0.2) is 4.79 Å². The van der Waals surface area contributed by atoms with Crippen LogP contribution in [0.2, 0.25) is 0 Å². The molecule has 0 saturated carbocycles. The van der Waals surface area contributed by atoms with Crippen LogP contribution in [-0.2, 0) is 16.4 Å². The lowest BCUT2D eigenvalue weighted by molar-refractivity contribution is 0.0659. The zero-order valence-corrected chi connectivity index (χ0v) is 14.7. The highest BCUT2D eigenvalue weighted by atomic mass is 32.2. The summed E-state index contributed by atoms with van der Waals surface area (Å²) in [6.45, 7) is 3.51. The summed E-state index contributed by atoms with van der Waals surface area (Å²) in [5.74, 6) is -0.734. The molecule has 3 rings (SSSR count). The lowest BCUT2D eigenvalue weighted by Crippen LogP contribution is -2.22. The molecule has 0 amide bonds. The van der Waals surface area contributed by atoms with Gasteiger partial charge in [0.05, 0.1) is 10.6 Å². The zero-order valence-electron chi connectivity index (χ0n) is 13.9. The monoisotopic (exact) mass is 362 g/mol. The smallest absolute Gasteiger partial charge is 0.372 e. The molecular weight excluding hydrogens is 344 g/mol. The Morgan fingerprint density at radius 3 is 2.52 bits per heavy atom. The third-order valence-electron chi connectivity index (χ3n) is 4.15. The van der Waals surface area contributed by atoms with Gasteiger partial charge >= 0.3 is 5.97 Å². The van der Waals surface area contributed by atoms with Crippen LogP contribution >= 0.6 is 0 Å². The van der Waals surface area contributed by atoms with E-state index in [2.05, 4.69) is 9.93 Å². The van der Waals surface area contributed by atoms with Gasteiger partial charge in [0, 0.05) is 17.5 Å². The van der Waals surface area contributed by atoms with Crippen LogP contribution in [-0.4, -0.2) is 25.2 Å². The van der Waals surface area contributed by atoms with Crippen molar-refractivity contribution in [3.63, 3.8) is 0 Å². The highest BCUT2D eigenvalue weighted by Crippen LogP contribution is 2.29. The fraction of sp³-hybridized carbons (Fsp3) is 0.294. The number of sulfonamides is 1. The van der Waals surface area contributed by atoms with Crippen molar-refractivity contribution in [2.24, 2.45) is 5.10 Å². The number of rotatable bonds is 4. The maximum Gasteiger partial charge on any atom is 0.372 e. The van der Waals surface area contributed by atoms with Gasteiger partial charge in [0.25, 0.3) is 10.0 Å². The van der Waals surface area contributed by atoms with E-state index in [1.807, 2.05) is 6.92 Å². The van der Waals surface area contributed by atoms with Gasteiger partial charge < -0.3 is 9.52 Å². The number of carboxylic acids is 1. The van der Waals surface area contributed by atoms with Gasteiger partial charge in [-0.1, -0.05) is 17.7 Å². The first-order valence-corrected chi connectivity index (χ1v) is 9.29. The van der Waals surface area contributed by atoms with E-state index >= 15 is 0 Å². The molecule has 8 heteroatoms. The second-order valence-electron chi connectivity index (χ2n) is 5.98. The van der Waals surface area contributed by atoms with Crippen LogP contribution in [0.5, 0.6) is 0 Å². The van der Waals surface area contributed by atoms with Crippen LogP contribution in [0, 0.1) is 13.8 Å². The first kappa shape index (κ1) is 17.2. The molecule has 1 aromatic carbocycles. The Kier molecular flexibility index (Phi) is 4.38. The maximum atomic E-state index is 12.4. The van der Waals surface area contributed by atoms with E-state index in [9.17, 15) is 18.3 Å². The lowest BCUT2D eigenvalue weighted by atomic mass is 9.93. The highest BCUT2D eigenvalue weighted by Gasteiger charge is 2.28. The lowest BCUT2D eigenvalue weighted by Gasteiger charge is -2.14. The number of carboxylic acid groups (broad SMARTS) is 1. The fourth-order valence-electron chi connectivity index (χ4n) is 2.87. The Morgan fingerprint density at radius 2 is 1.88 bits per heavy atom. The van der Waals surface area contributed by atoms with Crippen LogP contribution < -0.4 is 4.83 Å². The van der Waals surface area contributed by atoms with E-state index in [1.165, 1.54) is 12.1 Å². The summed E-state index contributed by atoms with van der Waals surface area (Å²) in [6.07, 6.45) is 1.86. The van der Waals surface area contributed by atoms with E-state index in [0.29, 0.717) is 41.9 Å². The quantitative estimate of drug-likeness (QED) is 0.813. The first-order chi connectivity index (χ1) is 11.8. The van der Waals surface area contributed by atoms with E-state index < -0.39 is 16.0 Å². The maximum absolute atomic E-state index is 12.4. The van der Waals surface area contributed by atoms with Crippen LogP contribution in [0.4, 0.5) is 0 Å². The normalized spacial score (nSPS) is 15.8. The molecule has 0 fully saturated rings. The Hall–Kier alpha value is -2.61. The molecule has 0 aliphatic heterocycles. The van der Waals surface area contributed by atoms with E-state index in [1.54, 1.807) is 19.1 Å². The number of aromatic carboxylic acids is 1. The molecule has 0 radical (unpaired) electrons. The Bertz CT molecular complexity index is 956. The molecular formula is C17H18N2O5S. The molecule has 1 aromatic heterocycles. The summed E-state index contributed by atoms with van der Waals surface area (Å²) in [6, 6.07) is 6.44. The van der Waals surface area contributed by atoms with E-state index in [0.717, 1.165) is 5.56 Å². The summed E-state index contributed by atoms with van der Waals surface area (Å²) >= 11 is 0. The van der Waals surface area contributed by atoms with Crippen LogP contribution in [0.15, 0.2) is 38.7 Å². The van der Waals surface area contributed by atoms with Crippen molar-refractivity contribution in [1.29, 1.82) is 0 Å². The number of nitrogens with zero attached hydrogens (tertiary/aromatic N) is 1. The number of hydrazone groups is 1. The second kappa shape index (κ2) is 6.36. The van der Waals surface area contributed by atoms with Crippen molar-refractivity contribution in [2.75, 3.05) is 0 Å². The van der Waals surface area contributed by atoms with Crippen LogP contribution in [0.3, 0.4) is 0 Å². The van der Waals surface area contributed by atoms with E-state index in [4.69, 9.17) is 4.42 Å². The zero-order chi connectivity index (χ0) is 18.2. The summed E-state index contributed by atoms with van der Waals surface area (Å²) in [5, 5.41) is 13.2. The largest absolute Gasteiger partial charge is 0.475 e. The number of aryl methyl sites for hydroxylation is 2. The average Bonchev–Trinajstić information content (AvgIpc) is 2.91. The molecule has 0 bridgehead atoms. The van der Waals surface area contributed by atoms with Crippen molar-refractivity contribution in [2.45, 2.75) is 38.0 Å². The van der Waals surface area contributed by atoms with Crippen LogP contribution in [0.25, 0.3) is 0 Å². The predicted octanol–water partition coefficient (Wildman–Crippen LogP) is 2.61. The van der Waals surface area contributed by atoms with Gasteiger partial charge in [-0.15, -0.1) is 0 Å².